The minimum atomic E-state index is -4.34. The van der Waals surface area contributed by atoms with Gasteiger partial charge in [-0.15, -0.1) is 0 Å². The summed E-state index contributed by atoms with van der Waals surface area (Å²) in [5.74, 6) is 0.314. The van der Waals surface area contributed by atoms with Crippen molar-refractivity contribution in [3.63, 3.8) is 0 Å². The van der Waals surface area contributed by atoms with Crippen LogP contribution in [0.2, 0.25) is 0 Å². The van der Waals surface area contributed by atoms with Crippen molar-refractivity contribution in [1.29, 1.82) is 0 Å². The molecule has 1 fully saturated rings. The third-order valence-corrected chi connectivity index (χ3v) is 5.24. The van der Waals surface area contributed by atoms with E-state index in [0.717, 1.165) is 23.3 Å². The summed E-state index contributed by atoms with van der Waals surface area (Å²) < 4.78 is 38.3. The number of benzene rings is 2. The molecule has 1 heterocycles. The van der Waals surface area contributed by atoms with Crippen molar-refractivity contribution in [1.82, 2.24) is 10.6 Å². The molecule has 0 spiro atoms. The Balaban J connectivity index is 1.62. The zero-order chi connectivity index (χ0) is 20.3. The second-order valence-corrected chi connectivity index (χ2v) is 7.63. The Hall–Kier alpha value is -2.34. The Labute approximate surface area is 163 Å². The first kappa shape index (κ1) is 20.4. The first-order valence-electron chi connectivity index (χ1n) is 9.50. The predicted octanol–water partition coefficient (Wildman–Crippen LogP) is 4.24. The van der Waals surface area contributed by atoms with Crippen LogP contribution in [0.1, 0.15) is 47.9 Å². The van der Waals surface area contributed by atoms with Gasteiger partial charge in [0.2, 0.25) is 5.91 Å². The van der Waals surface area contributed by atoms with Gasteiger partial charge < -0.3 is 10.6 Å². The molecule has 28 heavy (non-hydrogen) atoms. The van der Waals surface area contributed by atoms with Crippen LogP contribution in [0, 0.1) is 0 Å². The molecule has 0 radical (unpaired) electrons. The number of alkyl halides is 3. The molecule has 0 unspecified atom stereocenters. The van der Waals surface area contributed by atoms with Crippen molar-refractivity contribution < 1.29 is 18.0 Å². The van der Waals surface area contributed by atoms with Gasteiger partial charge in [0.1, 0.15) is 0 Å². The minimum absolute atomic E-state index is 0.0467. The van der Waals surface area contributed by atoms with E-state index < -0.39 is 11.7 Å². The highest BCUT2D eigenvalue weighted by Gasteiger charge is 2.32. The first-order valence-corrected chi connectivity index (χ1v) is 9.50. The van der Waals surface area contributed by atoms with E-state index in [9.17, 15) is 18.0 Å². The van der Waals surface area contributed by atoms with Crippen LogP contribution in [-0.4, -0.2) is 25.0 Å². The maximum atomic E-state index is 12.8. The Bertz CT molecular complexity index is 798. The lowest BCUT2D eigenvalue weighted by Crippen LogP contribution is -2.40. The molecular weight excluding hydrogens is 365 g/mol. The highest BCUT2D eigenvalue weighted by molar-refractivity contribution is 5.79. The molecular formula is C22H25F3N2O. The van der Waals surface area contributed by atoms with E-state index in [1.807, 2.05) is 24.3 Å². The molecule has 3 nitrogen and oxygen atoms in total. The molecule has 150 valence electrons. The molecule has 1 amide bonds. The fourth-order valence-electron chi connectivity index (χ4n) is 3.56. The second-order valence-electron chi connectivity index (χ2n) is 7.63. The molecule has 1 aliphatic heterocycles. The van der Waals surface area contributed by atoms with Crippen LogP contribution < -0.4 is 10.6 Å². The predicted molar refractivity (Wildman–Crippen MR) is 103 cm³/mol. The standard InChI is InChI=1S/C22H25F3N2O/c1-14(2)16-5-3-15(4-6-16)11-21(28)27-20-13-26-12-19(20)17-7-9-18(10-8-17)22(23,24)25/h3-10,14,19-20,26H,11-13H2,1-2H3,(H,27,28)/t19-,20+/m1/s1. The lowest BCUT2D eigenvalue weighted by Gasteiger charge is -2.21. The van der Waals surface area contributed by atoms with Gasteiger partial charge in [0, 0.05) is 25.0 Å². The molecule has 0 bridgehead atoms. The summed E-state index contributed by atoms with van der Waals surface area (Å²) in [4.78, 5) is 12.5. The highest BCUT2D eigenvalue weighted by Crippen LogP contribution is 2.31. The van der Waals surface area contributed by atoms with Gasteiger partial charge in [0.05, 0.1) is 12.0 Å². The Morgan fingerprint density at radius 3 is 2.29 bits per heavy atom. The van der Waals surface area contributed by atoms with Crippen molar-refractivity contribution in [2.24, 2.45) is 0 Å². The molecule has 2 aromatic rings. The summed E-state index contributed by atoms with van der Waals surface area (Å²) in [6.45, 7) is 5.47. The molecule has 0 aliphatic carbocycles. The molecule has 3 rings (SSSR count). The van der Waals surface area contributed by atoms with Gasteiger partial charge in [-0.2, -0.15) is 13.2 Å². The summed E-state index contributed by atoms with van der Waals surface area (Å²) in [5, 5.41) is 6.25. The average Bonchev–Trinajstić information content (AvgIpc) is 3.09. The quantitative estimate of drug-likeness (QED) is 0.802. The smallest absolute Gasteiger partial charge is 0.351 e. The Morgan fingerprint density at radius 2 is 1.71 bits per heavy atom. The maximum absolute atomic E-state index is 12.8. The van der Waals surface area contributed by atoms with Crippen LogP contribution in [0.3, 0.4) is 0 Å². The van der Waals surface area contributed by atoms with Crippen LogP contribution in [0.4, 0.5) is 13.2 Å². The number of carbonyl (C=O) groups is 1. The fourth-order valence-corrected chi connectivity index (χ4v) is 3.56. The van der Waals surface area contributed by atoms with Gasteiger partial charge >= 0.3 is 6.18 Å². The van der Waals surface area contributed by atoms with E-state index in [2.05, 4.69) is 24.5 Å². The van der Waals surface area contributed by atoms with Crippen LogP contribution in [0.25, 0.3) is 0 Å². The number of nitrogens with one attached hydrogen (secondary N) is 2. The van der Waals surface area contributed by atoms with Gasteiger partial charge in [0.15, 0.2) is 0 Å². The molecule has 6 heteroatoms. The molecule has 1 aliphatic rings. The van der Waals surface area contributed by atoms with E-state index in [0.29, 0.717) is 19.0 Å². The van der Waals surface area contributed by atoms with Gasteiger partial charge in [-0.3, -0.25) is 4.79 Å². The zero-order valence-corrected chi connectivity index (χ0v) is 16.0. The lowest BCUT2D eigenvalue weighted by atomic mass is 9.93. The van der Waals surface area contributed by atoms with Gasteiger partial charge in [-0.25, -0.2) is 0 Å². The second kappa shape index (κ2) is 8.35. The number of amides is 1. The summed E-state index contributed by atoms with van der Waals surface area (Å²) in [7, 11) is 0. The van der Waals surface area contributed by atoms with E-state index in [-0.39, 0.29) is 24.3 Å². The van der Waals surface area contributed by atoms with Crippen molar-refractivity contribution in [3.8, 4) is 0 Å². The molecule has 0 aromatic heterocycles. The highest BCUT2D eigenvalue weighted by atomic mass is 19.4. The normalized spacial score (nSPS) is 19.8. The first-order chi connectivity index (χ1) is 13.2. The van der Waals surface area contributed by atoms with Crippen LogP contribution in [0.5, 0.6) is 0 Å². The molecule has 0 saturated carbocycles. The summed E-state index contributed by atoms with van der Waals surface area (Å²) >= 11 is 0. The molecule has 2 N–H and O–H groups in total. The average molecular weight is 390 g/mol. The number of hydrogen-bond acceptors (Lipinski definition) is 2. The maximum Gasteiger partial charge on any atom is 0.416 e. The lowest BCUT2D eigenvalue weighted by molar-refractivity contribution is -0.137. The van der Waals surface area contributed by atoms with Gasteiger partial charge in [0.25, 0.3) is 0 Å². The Morgan fingerprint density at radius 1 is 1.07 bits per heavy atom. The summed E-state index contributed by atoms with van der Waals surface area (Å²) in [6.07, 6.45) is -4.06. The van der Waals surface area contributed by atoms with Crippen molar-refractivity contribution >= 4 is 5.91 Å². The molecule has 2 aromatic carbocycles. The third-order valence-electron chi connectivity index (χ3n) is 5.24. The number of rotatable bonds is 5. The van der Waals surface area contributed by atoms with E-state index in [4.69, 9.17) is 0 Å². The summed E-state index contributed by atoms with van der Waals surface area (Å²) in [6, 6.07) is 13.1. The topological polar surface area (TPSA) is 41.1 Å². The van der Waals surface area contributed by atoms with Gasteiger partial charge in [-0.05, 0) is 34.7 Å². The van der Waals surface area contributed by atoms with Crippen molar-refractivity contribution in [3.05, 3.63) is 70.8 Å². The minimum Gasteiger partial charge on any atom is -0.351 e. The van der Waals surface area contributed by atoms with E-state index >= 15 is 0 Å². The monoisotopic (exact) mass is 390 g/mol. The third kappa shape index (κ3) is 4.93. The van der Waals surface area contributed by atoms with Crippen molar-refractivity contribution in [2.45, 2.75) is 44.3 Å². The number of carbonyl (C=O) groups excluding carboxylic acids is 1. The summed E-state index contributed by atoms with van der Waals surface area (Å²) in [5.41, 5.74) is 2.31. The van der Waals surface area contributed by atoms with Crippen LogP contribution in [-0.2, 0) is 17.4 Å². The van der Waals surface area contributed by atoms with E-state index in [1.165, 1.54) is 17.7 Å². The van der Waals surface area contributed by atoms with Crippen molar-refractivity contribution in [2.75, 3.05) is 13.1 Å². The Kier molecular flexibility index (Phi) is 6.08. The van der Waals surface area contributed by atoms with Crippen LogP contribution in [0.15, 0.2) is 48.5 Å². The number of hydrogen-bond donors (Lipinski definition) is 2. The number of halogens is 3. The molecule has 1 saturated heterocycles. The SMILES string of the molecule is CC(C)c1ccc(CC(=O)N[C@H]2CNC[C@@H]2c2ccc(C(F)(F)F)cc2)cc1. The zero-order valence-electron chi connectivity index (χ0n) is 16.0. The van der Waals surface area contributed by atoms with Crippen LogP contribution >= 0.6 is 0 Å². The molecule has 2 atom stereocenters. The van der Waals surface area contributed by atoms with Gasteiger partial charge in [-0.1, -0.05) is 50.2 Å². The van der Waals surface area contributed by atoms with E-state index in [1.54, 1.807) is 0 Å². The largest absolute Gasteiger partial charge is 0.416 e. The fraction of sp³-hybridized carbons (Fsp3) is 0.409.